The van der Waals surface area contributed by atoms with Crippen LogP contribution in [-0.4, -0.2) is 35.2 Å². The molecule has 0 saturated carbocycles. The first-order valence-electron chi connectivity index (χ1n) is 6.88. The van der Waals surface area contributed by atoms with Crippen molar-refractivity contribution in [3.05, 3.63) is 21.4 Å². The number of carbonyl (C=O) groups is 1. The Hall–Kier alpha value is -0.520. The van der Waals surface area contributed by atoms with Crippen molar-refractivity contribution in [2.24, 2.45) is 0 Å². The molecule has 1 aromatic rings. The van der Waals surface area contributed by atoms with E-state index in [4.69, 9.17) is 0 Å². The maximum Gasteiger partial charge on any atom is 0.220 e. The van der Waals surface area contributed by atoms with Gasteiger partial charge in [-0.25, -0.2) is 0 Å². The molecule has 114 valence electrons. The Kier molecular flexibility index (Phi) is 7.06. The lowest BCUT2D eigenvalue weighted by molar-refractivity contribution is -0.122. The predicted octanol–water partition coefficient (Wildman–Crippen LogP) is 2.92. The number of thiophene rings is 1. The first-order chi connectivity index (χ1) is 9.34. The molecule has 0 aliphatic carbocycles. The molecule has 1 amide bonds. The lowest BCUT2D eigenvalue weighted by atomic mass is 10.1. The molecule has 0 fully saturated rings. The second-order valence-electron chi connectivity index (χ2n) is 5.50. The summed E-state index contributed by atoms with van der Waals surface area (Å²) >= 11 is 3.39. The molecule has 1 unspecified atom stereocenters. The van der Waals surface area contributed by atoms with E-state index in [2.05, 4.69) is 25.2 Å². The highest BCUT2D eigenvalue weighted by Gasteiger charge is 2.20. The molecule has 0 spiro atoms. The highest BCUT2D eigenvalue weighted by molar-refractivity contribution is 7.98. The van der Waals surface area contributed by atoms with Crippen molar-refractivity contribution >= 4 is 29.0 Å². The second-order valence-corrected chi connectivity index (χ2v) is 7.83. The minimum absolute atomic E-state index is 0.0241. The number of hydrogen-bond acceptors (Lipinski definition) is 4. The van der Waals surface area contributed by atoms with E-state index in [1.54, 1.807) is 18.7 Å². The van der Waals surface area contributed by atoms with Gasteiger partial charge in [0.1, 0.15) is 0 Å². The first-order valence-corrected chi connectivity index (χ1v) is 9.09. The number of rotatable bonds is 8. The zero-order valence-corrected chi connectivity index (χ0v) is 14.4. The average molecular weight is 316 g/mol. The Morgan fingerprint density at radius 3 is 2.75 bits per heavy atom. The van der Waals surface area contributed by atoms with E-state index < -0.39 is 5.60 Å². The summed E-state index contributed by atoms with van der Waals surface area (Å²) in [6.45, 7) is 6.32. The quantitative estimate of drug-likeness (QED) is 0.775. The topological polar surface area (TPSA) is 49.3 Å². The van der Waals surface area contributed by atoms with Crippen molar-refractivity contribution in [1.82, 2.24) is 5.32 Å². The highest BCUT2D eigenvalue weighted by atomic mass is 32.2. The summed E-state index contributed by atoms with van der Waals surface area (Å²) in [7, 11) is 0. The van der Waals surface area contributed by atoms with Crippen LogP contribution in [0.2, 0.25) is 0 Å². The summed E-state index contributed by atoms with van der Waals surface area (Å²) in [4.78, 5) is 14.4. The Balaban J connectivity index is 2.25. The smallest absolute Gasteiger partial charge is 0.220 e. The molecule has 20 heavy (non-hydrogen) atoms. The molecule has 1 atom stereocenters. The van der Waals surface area contributed by atoms with E-state index in [0.717, 1.165) is 12.8 Å². The Morgan fingerprint density at radius 2 is 2.20 bits per heavy atom. The van der Waals surface area contributed by atoms with E-state index >= 15 is 0 Å². The third-order valence-corrected chi connectivity index (χ3v) is 5.03. The molecule has 0 saturated heterocycles. The normalized spacial score (nSPS) is 14.1. The monoisotopic (exact) mass is 315 g/mol. The lowest BCUT2D eigenvalue weighted by Crippen LogP contribution is -2.42. The summed E-state index contributed by atoms with van der Waals surface area (Å²) in [6.07, 6.45) is 4.27. The summed E-state index contributed by atoms with van der Waals surface area (Å²) < 4.78 is 0. The van der Waals surface area contributed by atoms with Gasteiger partial charge in [0.15, 0.2) is 0 Å². The highest BCUT2D eigenvalue weighted by Crippen LogP contribution is 2.22. The van der Waals surface area contributed by atoms with Gasteiger partial charge in [0.2, 0.25) is 5.91 Å². The van der Waals surface area contributed by atoms with Crippen LogP contribution in [0.25, 0.3) is 0 Å². The Bertz CT molecular complexity index is 441. The van der Waals surface area contributed by atoms with E-state index in [-0.39, 0.29) is 5.91 Å². The third-order valence-electron chi connectivity index (χ3n) is 3.12. The van der Waals surface area contributed by atoms with Gasteiger partial charge in [-0.15, -0.1) is 11.3 Å². The fourth-order valence-corrected chi connectivity index (χ4v) is 3.81. The van der Waals surface area contributed by atoms with Crippen molar-refractivity contribution in [3.8, 4) is 0 Å². The van der Waals surface area contributed by atoms with E-state index in [9.17, 15) is 9.90 Å². The number of amides is 1. The van der Waals surface area contributed by atoms with Crippen LogP contribution in [0.15, 0.2) is 6.07 Å². The average Bonchev–Trinajstić information content (AvgIpc) is 2.66. The van der Waals surface area contributed by atoms with Crippen LogP contribution in [0.4, 0.5) is 0 Å². The van der Waals surface area contributed by atoms with Crippen LogP contribution >= 0.6 is 23.1 Å². The zero-order chi connectivity index (χ0) is 15.2. The van der Waals surface area contributed by atoms with Gasteiger partial charge in [-0.3, -0.25) is 4.79 Å². The molecule has 0 aliphatic rings. The van der Waals surface area contributed by atoms with Crippen LogP contribution in [0.1, 0.15) is 35.1 Å². The molecule has 1 heterocycles. The number of thioether (sulfide) groups is 1. The SMILES string of the molecule is CSCC(C)(O)CNC(=O)CCCc1cc(C)sc1C. The molecule has 2 N–H and O–H groups in total. The van der Waals surface area contributed by atoms with Crippen molar-refractivity contribution in [1.29, 1.82) is 0 Å². The van der Waals surface area contributed by atoms with Crippen LogP contribution in [0.3, 0.4) is 0 Å². The molecule has 0 aliphatic heterocycles. The Morgan fingerprint density at radius 1 is 1.50 bits per heavy atom. The molecule has 3 nitrogen and oxygen atoms in total. The third kappa shape index (κ3) is 6.29. The number of aryl methyl sites for hydroxylation is 3. The lowest BCUT2D eigenvalue weighted by Gasteiger charge is -2.22. The summed E-state index contributed by atoms with van der Waals surface area (Å²) in [5, 5.41) is 12.8. The molecular weight excluding hydrogens is 290 g/mol. The van der Waals surface area contributed by atoms with Gasteiger partial charge in [0, 0.05) is 28.5 Å². The van der Waals surface area contributed by atoms with Crippen LogP contribution in [0, 0.1) is 13.8 Å². The van der Waals surface area contributed by atoms with Crippen LogP contribution in [-0.2, 0) is 11.2 Å². The molecule has 5 heteroatoms. The van der Waals surface area contributed by atoms with Crippen molar-refractivity contribution in [3.63, 3.8) is 0 Å². The molecule has 0 radical (unpaired) electrons. The van der Waals surface area contributed by atoms with Gasteiger partial charge in [-0.05, 0) is 51.5 Å². The van der Waals surface area contributed by atoms with Gasteiger partial charge < -0.3 is 10.4 Å². The van der Waals surface area contributed by atoms with Gasteiger partial charge in [0.25, 0.3) is 0 Å². The fourth-order valence-electron chi connectivity index (χ4n) is 2.11. The standard InChI is InChI=1S/C15H25NO2S2/c1-11-8-13(12(2)20-11)6-5-7-14(17)16-9-15(3,18)10-19-4/h8,18H,5-7,9-10H2,1-4H3,(H,16,17). The maximum absolute atomic E-state index is 11.7. The minimum atomic E-state index is -0.823. The Labute approximate surface area is 130 Å². The minimum Gasteiger partial charge on any atom is -0.387 e. The summed E-state index contributed by atoms with van der Waals surface area (Å²) in [5.74, 6) is 0.650. The number of nitrogens with one attached hydrogen (secondary N) is 1. The summed E-state index contributed by atoms with van der Waals surface area (Å²) in [5.41, 5.74) is 0.533. The van der Waals surface area contributed by atoms with Crippen molar-refractivity contribution in [2.75, 3.05) is 18.6 Å². The first kappa shape index (κ1) is 17.5. The van der Waals surface area contributed by atoms with Gasteiger partial charge in [-0.2, -0.15) is 11.8 Å². The van der Waals surface area contributed by atoms with Crippen LogP contribution < -0.4 is 5.32 Å². The van der Waals surface area contributed by atoms with Gasteiger partial charge in [-0.1, -0.05) is 0 Å². The number of aliphatic hydroxyl groups is 1. The fraction of sp³-hybridized carbons (Fsp3) is 0.667. The van der Waals surface area contributed by atoms with E-state index in [1.165, 1.54) is 15.3 Å². The molecular formula is C15H25NO2S2. The summed E-state index contributed by atoms with van der Waals surface area (Å²) in [6, 6.07) is 2.21. The van der Waals surface area contributed by atoms with Crippen molar-refractivity contribution < 1.29 is 9.90 Å². The van der Waals surface area contributed by atoms with Crippen LogP contribution in [0.5, 0.6) is 0 Å². The maximum atomic E-state index is 11.7. The zero-order valence-electron chi connectivity index (χ0n) is 12.8. The molecule has 0 aromatic carbocycles. The van der Waals surface area contributed by atoms with Crippen molar-refractivity contribution in [2.45, 2.75) is 45.6 Å². The second kappa shape index (κ2) is 8.05. The number of carbonyl (C=O) groups excluding carboxylic acids is 1. The molecule has 1 aromatic heterocycles. The molecule has 1 rings (SSSR count). The van der Waals surface area contributed by atoms with E-state index in [1.807, 2.05) is 17.6 Å². The molecule has 0 bridgehead atoms. The largest absolute Gasteiger partial charge is 0.387 e. The van der Waals surface area contributed by atoms with Gasteiger partial charge >= 0.3 is 0 Å². The van der Waals surface area contributed by atoms with E-state index in [0.29, 0.717) is 18.7 Å². The number of hydrogen-bond donors (Lipinski definition) is 2. The van der Waals surface area contributed by atoms with Gasteiger partial charge in [0.05, 0.1) is 5.60 Å². The predicted molar refractivity (Wildman–Crippen MR) is 88.7 cm³/mol.